The molecule has 0 aliphatic carbocycles. The van der Waals surface area contributed by atoms with Gasteiger partial charge in [0, 0.05) is 55.0 Å². The van der Waals surface area contributed by atoms with Gasteiger partial charge in [-0.25, -0.2) is 29.9 Å². The maximum Gasteiger partial charge on any atom is 0.178 e. The lowest BCUT2D eigenvalue weighted by Gasteiger charge is -1.90. The summed E-state index contributed by atoms with van der Waals surface area (Å²) in [7, 11) is 0. The molecule has 14 aromatic rings. The Morgan fingerprint density at radius 2 is 0.937 bits per heavy atom. The lowest BCUT2D eigenvalue weighted by Crippen LogP contribution is -1.82. The fourth-order valence-electron chi connectivity index (χ4n) is 6.88. The normalized spacial score (nSPS) is 11.2. The molecule has 0 fully saturated rings. The van der Waals surface area contributed by atoms with Crippen molar-refractivity contribution in [1.82, 2.24) is 94.9 Å². The van der Waals surface area contributed by atoms with Crippen LogP contribution in [-0.4, -0.2) is 94.9 Å². The number of nitrogens with one attached hydrogen (secondary N) is 7. The monoisotopic (exact) mass is 825 g/mol. The van der Waals surface area contributed by atoms with E-state index in [2.05, 4.69) is 94.9 Å². The van der Waals surface area contributed by atoms with Gasteiger partial charge in [-0.1, -0.05) is 0 Å². The Bertz CT molecular complexity index is 3310. The van der Waals surface area contributed by atoms with Gasteiger partial charge >= 0.3 is 0 Å². The van der Waals surface area contributed by atoms with Crippen LogP contribution in [0.3, 0.4) is 0 Å². The number of rotatable bonds is 3. The van der Waals surface area contributed by atoms with Crippen molar-refractivity contribution in [2.75, 3.05) is 0 Å². The molecule has 0 aliphatic heterocycles. The predicted molar refractivity (Wildman–Crippen MR) is 239 cm³/mol. The van der Waals surface area contributed by atoms with Crippen molar-refractivity contribution in [3.8, 4) is 34.7 Å². The smallest absolute Gasteiger partial charge is 0.178 e. The second-order valence-electron chi connectivity index (χ2n) is 13.9. The van der Waals surface area contributed by atoms with E-state index in [4.69, 9.17) is 0 Å². The van der Waals surface area contributed by atoms with Crippen molar-refractivity contribution in [2.24, 2.45) is 0 Å². The van der Waals surface area contributed by atoms with Crippen molar-refractivity contribution in [2.45, 2.75) is 0 Å². The van der Waals surface area contributed by atoms with E-state index in [9.17, 15) is 0 Å². The van der Waals surface area contributed by atoms with Gasteiger partial charge in [0.25, 0.3) is 0 Å². The largest absolute Gasteiger partial charge is 0.360 e. The maximum atomic E-state index is 4.51. The first-order chi connectivity index (χ1) is 31.2. The fourth-order valence-corrected chi connectivity index (χ4v) is 6.88. The minimum atomic E-state index is 0.680. The summed E-state index contributed by atoms with van der Waals surface area (Å²) in [5.41, 5.74) is 13.4. The Kier molecular flexibility index (Phi) is 9.23. The lowest BCUT2D eigenvalue weighted by molar-refractivity contribution is 1.10. The highest BCUT2D eigenvalue weighted by molar-refractivity contribution is 5.92. The number of hydrogen-bond donors (Lipinski definition) is 7. The van der Waals surface area contributed by atoms with Crippen LogP contribution < -0.4 is 0 Å². The first kappa shape index (κ1) is 36.6. The van der Waals surface area contributed by atoms with Gasteiger partial charge in [0.2, 0.25) is 0 Å². The second kappa shape index (κ2) is 15.9. The van der Waals surface area contributed by atoms with E-state index in [1.807, 2.05) is 85.1 Å². The third-order valence-corrected chi connectivity index (χ3v) is 9.86. The Labute approximate surface area is 353 Å². The van der Waals surface area contributed by atoms with E-state index >= 15 is 0 Å². The molecule has 0 saturated carbocycles. The van der Waals surface area contributed by atoms with Crippen LogP contribution in [0.5, 0.6) is 0 Å². The zero-order chi connectivity index (χ0) is 42.0. The third kappa shape index (κ3) is 7.39. The Hall–Kier alpha value is -9.52. The Morgan fingerprint density at radius 3 is 1.62 bits per heavy atom. The Balaban J connectivity index is 0.0000000964. The highest BCUT2D eigenvalue weighted by Crippen LogP contribution is 2.26. The van der Waals surface area contributed by atoms with E-state index in [1.54, 1.807) is 62.0 Å². The fraction of sp³-hybridized carbons (Fsp3) is 0. The molecule has 14 aromatic heterocycles. The molecule has 0 unspecified atom stereocenters. The van der Waals surface area contributed by atoms with Gasteiger partial charge in [-0.2, -0.15) is 5.10 Å². The summed E-state index contributed by atoms with van der Waals surface area (Å²) in [5.74, 6) is 2.88. The molecule has 0 aliphatic rings. The molecule has 7 N–H and O–H groups in total. The van der Waals surface area contributed by atoms with Gasteiger partial charge in [0.05, 0.1) is 85.0 Å². The molecule has 63 heavy (non-hydrogen) atoms. The third-order valence-electron chi connectivity index (χ3n) is 9.86. The molecule has 0 amide bonds. The molecule has 0 saturated heterocycles. The number of pyridine rings is 7. The summed E-state index contributed by atoms with van der Waals surface area (Å²) in [4.78, 5) is 65.9. The van der Waals surface area contributed by atoms with Crippen molar-refractivity contribution in [3.05, 3.63) is 147 Å². The van der Waals surface area contributed by atoms with Crippen molar-refractivity contribution >= 4 is 77.4 Å². The van der Waals surface area contributed by atoms with Gasteiger partial charge in [0.1, 0.15) is 5.69 Å². The van der Waals surface area contributed by atoms with Crippen molar-refractivity contribution < 1.29 is 0 Å². The molecule has 0 atom stereocenters. The first-order valence-electron chi connectivity index (χ1n) is 19.5. The summed E-state index contributed by atoms with van der Waals surface area (Å²) in [6, 6.07) is 25.0. The standard InChI is InChI=1S/C13H9N5.2C12H8N6.C7H6N2/c1-3-8-10(14-5-1)7-11(16-8)13-17-9-4-2-6-15-12(9)18-13;1-3-13-5-9-7(1)11(18-17-9)12-15-8-2-4-14-6-10(8)16-12;1-2-8-10(14-4-1)18-12(16-8)11-15-7-3-5-13-6-9(7)17-11;1-2-6-7(8-4-1)3-5-9-6/h1-7,16H,(H,15,17,18);1-6H,(H,15,16)(H,17,18);1-6H,(H,15,17)(H,14,16,18);1-5,9H. The minimum absolute atomic E-state index is 0.680. The molecule has 14 rings (SSSR count). The minimum Gasteiger partial charge on any atom is -0.360 e. The molecule has 19 nitrogen and oxygen atoms in total. The van der Waals surface area contributed by atoms with E-state index in [0.29, 0.717) is 17.3 Å². The number of aromatic amines is 7. The Morgan fingerprint density at radius 1 is 0.381 bits per heavy atom. The van der Waals surface area contributed by atoms with Crippen LogP contribution >= 0.6 is 0 Å². The maximum absolute atomic E-state index is 4.51. The van der Waals surface area contributed by atoms with Crippen LogP contribution in [0.2, 0.25) is 0 Å². The molecule has 302 valence electrons. The molecule has 14 heterocycles. The first-order valence-corrected chi connectivity index (χ1v) is 19.5. The highest BCUT2D eigenvalue weighted by Gasteiger charge is 2.13. The van der Waals surface area contributed by atoms with E-state index in [0.717, 1.165) is 94.8 Å². The van der Waals surface area contributed by atoms with E-state index < -0.39 is 0 Å². The van der Waals surface area contributed by atoms with Crippen LogP contribution in [0.15, 0.2) is 147 Å². The quantitative estimate of drug-likeness (QED) is 0.0898. The van der Waals surface area contributed by atoms with Gasteiger partial charge in [-0.3, -0.25) is 30.0 Å². The summed E-state index contributed by atoms with van der Waals surface area (Å²) in [6.07, 6.45) is 19.3. The predicted octanol–water partition coefficient (Wildman–Crippen LogP) is 7.86. The summed E-state index contributed by atoms with van der Waals surface area (Å²) >= 11 is 0. The van der Waals surface area contributed by atoms with Crippen molar-refractivity contribution in [1.29, 1.82) is 0 Å². The number of aromatic nitrogens is 19. The van der Waals surface area contributed by atoms with Crippen LogP contribution in [-0.2, 0) is 0 Å². The molecule has 0 radical (unpaired) electrons. The lowest BCUT2D eigenvalue weighted by atomic mass is 10.2. The van der Waals surface area contributed by atoms with Gasteiger partial charge in [0.15, 0.2) is 34.6 Å². The summed E-state index contributed by atoms with van der Waals surface area (Å²) < 4.78 is 0. The zero-order valence-electron chi connectivity index (χ0n) is 32.7. The van der Waals surface area contributed by atoms with Crippen molar-refractivity contribution in [3.63, 3.8) is 0 Å². The number of H-pyrrole nitrogens is 7. The van der Waals surface area contributed by atoms with Crippen LogP contribution in [0, 0.1) is 0 Å². The SMILES string of the molecule is c1cc2nc(-c3n[nH]c4cnccc34)[nH]c2cn1.c1cnc2cc(-c3nc4ncccc4[nH]3)[nH]c2c1.c1cnc2cc[nH]c2c1.c1cnc2nc(-c3nc4ccncc4[nH]3)[nH]c2c1. The molecular formula is C44H31N19. The zero-order valence-corrected chi connectivity index (χ0v) is 32.7. The topological polar surface area (TPSA) is 265 Å². The number of fused-ring (bicyclic) bond motifs is 7. The highest BCUT2D eigenvalue weighted by atomic mass is 15.1. The van der Waals surface area contributed by atoms with E-state index in [-0.39, 0.29) is 0 Å². The molecule has 0 aromatic carbocycles. The second-order valence-corrected chi connectivity index (χ2v) is 13.9. The average Bonchev–Trinajstić information content (AvgIpc) is 4.19. The van der Waals surface area contributed by atoms with Gasteiger partial charge < -0.3 is 29.9 Å². The van der Waals surface area contributed by atoms with Crippen LogP contribution in [0.25, 0.3) is 112 Å². The van der Waals surface area contributed by atoms with E-state index in [1.165, 1.54) is 0 Å². The number of nitrogens with zero attached hydrogens (tertiary/aromatic N) is 12. The number of imidazole rings is 4. The number of hydrogen-bond acceptors (Lipinski definition) is 12. The van der Waals surface area contributed by atoms with Crippen LogP contribution in [0.1, 0.15) is 0 Å². The molecule has 19 heteroatoms. The van der Waals surface area contributed by atoms with Gasteiger partial charge in [-0.05, 0) is 78.9 Å². The average molecular weight is 826 g/mol. The van der Waals surface area contributed by atoms with Gasteiger partial charge in [-0.15, -0.1) is 0 Å². The molecule has 0 bridgehead atoms. The summed E-state index contributed by atoms with van der Waals surface area (Å²) in [6.45, 7) is 0. The molecule has 0 spiro atoms. The van der Waals surface area contributed by atoms with Crippen LogP contribution in [0.4, 0.5) is 0 Å². The summed E-state index contributed by atoms with van der Waals surface area (Å²) in [5, 5.41) is 8.22. The molecular weight excluding hydrogens is 795 g/mol.